The number of rotatable bonds is 4. The summed E-state index contributed by atoms with van der Waals surface area (Å²) in [4.78, 5) is 11.9. The third kappa shape index (κ3) is 3.31. The molecule has 0 unspecified atom stereocenters. The summed E-state index contributed by atoms with van der Waals surface area (Å²) >= 11 is 5.97. The maximum atomic E-state index is 11.9. The van der Waals surface area contributed by atoms with Crippen LogP contribution in [-0.2, 0) is 0 Å². The molecule has 0 saturated carbocycles. The fourth-order valence-electron chi connectivity index (χ4n) is 1.66. The van der Waals surface area contributed by atoms with Gasteiger partial charge in [-0.25, -0.2) is 0 Å². The first kappa shape index (κ1) is 12.6. The van der Waals surface area contributed by atoms with Crippen molar-refractivity contribution in [3.8, 4) is 0 Å². The SMILES string of the molecule is O=C(CC=Cc1ccccc1)c1ccccc1Cl. The molecule has 1 nitrogen and oxygen atoms in total. The van der Waals surface area contributed by atoms with Crippen LogP contribution in [0.1, 0.15) is 22.3 Å². The van der Waals surface area contributed by atoms with Crippen molar-refractivity contribution >= 4 is 23.5 Å². The Hall–Kier alpha value is -1.86. The molecule has 0 aliphatic heterocycles. The van der Waals surface area contributed by atoms with Gasteiger partial charge in [0.25, 0.3) is 0 Å². The van der Waals surface area contributed by atoms with Crippen LogP contribution in [0, 0.1) is 0 Å². The monoisotopic (exact) mass is 256 g/mol. The van der Waals surface area contributed by atoms with E-state index in [1.165, 1.54) is 0 Å². The Kier molecular flexibility index (Phi) is 4.32. The minimum Gasteiger partial charge on any atom is -0.294 e. The summed E-state index contributed by atoms with van der Waals surface area (Å²) < 4.78 is 0. The molecule has 18 heavy (non-hydrogen) atoms. The van der Waals surface area contributed by atoms with Crippen LogP contribution in [0.15, 0.2) is 60.7 Å². The molecular formula is C16H13ClO. The zero-order valence-corrected chi connectivity index (χ0v) is 10.6. The molecular weight excluding hydrogens is 244 g/mol. The highest BCUT2D eigenvalue weighted by Gasteiger charge is 2.06. The number of halogens is 1. The van der Waals surface area contributed by atoms with Gasteiger partial charge in [0, 0.05) is 12.0 Å². The summed E-state index contributed by atoms with van der Waals surface area (Å²) in [6.45, 7) is 0. The molecule has 2 rings (SSSR count). The minimum atomic E-state index is 0.0350. The zero-order valence-electron chi connectivity index (χ0n) is 9.84. The lowest BCUT2D eigenvalue weighted by molar-refractivity contribution is 0.0996. The van der Waals surface area contributed by atoms with Gasteiger partial charge in [0.05, 0.1) is 5.02 Å². The van der Waals surface area contributed by atoms with Crippen molar-refractivity contribution in [2.45, 2.75) is 6.42 Å². The van der Waals surface area contributed by atoms with Gasteiger partial charge in [-0.05, 0) is 17.7 Å². The Labute approximate surface area is 112 Å². The van der Waals surface area contributed by atoms with E-state index in [1.807, 2.05) is 54.6 Å². The summed E-state index contributed by atoms with van der Waals surface area (Å²) in [5, 5.41) is 0.510. The van der Waals surface area contributed by atoms with Crippen LogP contribution in [0.4, 0.5) is 0 Å². The molecule has 0 aliphatic rings. The summed E-state index contributed by atoms with van der Waals surface area (Å²) in [5.74, 6) is 0.0350. The van der Waals surface area contributed by atoms with Gasteiger partial charge in [-0.3, -0.25) is 4.79 Å². The molecule has 0 aromatic heterocycles. The highest BCUT2D eigenvalue weighted by Crippen LogP contribution is 2.17. The lowest BCUT2D eigenvalue weighted by Gasteiger charge is -2.00. The largest absolute Gasteiger partial charge is 0.294 e. The lowest BCUT2D eigenvalue weighted by atomic mass is 10.1. The maximum Gasteiger partial charge on any atom is 0.168 e. The van der Waals surface area contributed by atoms with Crippen LogP contribution in [-0.4, -0.2) is 5.78 Å². The molecule has 0 radical (unpaired) electrons. The number of benzene rings is 2. The number of ketones is 1. The zero-order chi connectivity index (χ0) is 12.8. The second kappa shape index (κ2) is 6.18. The van der Waals surface area contributed by atoms with Gasteiger partial charge < -0.3 is 0 Å². The van der Waals surface area contributed by atoms with Crippen LogP contribution in [0.25, 0.3) is 6.08 Å². The number of carbonyl (C=O) groups excluding carboxylic acids is 1. The topological polar surface area (TPSA) is 17.1 Å². The lowest BCUT2D eigenvalue weighted by Crippen LogP contribution is -1.97. The highest BCUT2D eigenvalue weighted by molar-refractivity contribution is 6.34. The molecule has 2 aromatic rings. The number of hydrogen-bond acceptors (Lipinski definition) is 1. The molecule has 90 valence electrons. The first-order chi connectivity index (χ1) is 8.77. The molecule has 0 amide bonds. The van der Waals surface area contributed by atoms with E-state index in [4.69, 9.17) is 11.6 Å². The molecule has 2 heteroatoms. The predicted octanol–water partition coefficient (Wildman–Crippen LogP) is 4.63. The summed E-state index contributed by atoms with van der Waals surface area (Å²) in [6, 6.07) is 17.0. The minimum absolute atomic E-state index is 0.0350. The molecule has 0 saturated heterocycles. The van der Waals surface area contributed by atoms with E-state index >= 15 is 0 Å². The molecule has 0 spiro atoms. The summed E-state index contributed by atoms with van der Waals surface area (Å²) in [6.07, 6.45) is 4.16. The number of carbonyl (C=O) groups is 1. The maximum absolute atomic E-state index is 11.9. The van der Waals surface area contributed by atoms with Crippen molar-refractivity contribution in [3.05, 3.63) is 76.8 Å². The third-order valence-corrected chi connectivity index (χ3v) is 2.92. The van der Waals surface area contributed by atoms with Gasteiger partial charge in [0.1, 0.15) is 0 Å². The number of hydrogen-bond donors (Lipinski definition) is 0. The van der Waals surface area contributed by atoms with Crippen molar-refractivity contribution < 1.29 is 4.79 Å². The van der Waals surface area contributed by atoms with Crippen LogP contribution >= 0.6 is 11.6 Å². The van der Waals surface area contributed by atoms with E-state index < -0.39 is 0 Å². The number of Topliss-reactive ketones (excluding diaryl/α,β-unsaturated/α-hetero) is 1. The second-order valence-corrected chi connectivity index (χ2v) is 4.33. The molecule has 0 aliphatic carbocycles. The average Bonchev–Trinajstić information content (AvgIpc) is 2.40. The summed E-state index contributed by atoms with van der Waals surface area (Å²) in [7, 11) is 0. The Morgan fingerprint density at radius 2 is 1.67 bits per heavy atom. The predicted molar refractivity (Wildman–Crippen MR) is 75.9 cm³/mol. The molecule has 0 fully saturated rings. The van der Waals surface area contributed by atoms with E-state index in [2.05, 4.69) is 0 Å². The van der Waals surface area contributed by atoms with Gasteiger partial charge in [0.2, 0.25) is 0 Å². The first-order valence-electron chi connectivity index (χ1n) is 5.76. The number of allylic oxidation sites excluding steroid dienone is 1. The van der Waals surface area contributed by atoms with Gasteiger partial charge in [-0.2, -0.15) is 0 Å². The molecule has 0 heterocycles. The van der Waals surface area contributed by atoms with Crippen molar-refractivity contribution in [3.63, 3.8) is 0 Å². The standard InChI is InChI=1S/C16H13ClO/c17-15-11-5-4-10-14(15)16(18)12-6-9-13-7-2-1-3-8-13/h1-11H,12H2. The fraction of sp³-hybridized carbons (Fsp3) is 0.0625. The van der Waals surface area contributed by atoms with Gasteiger partial charge in [-0.15, -0.1) is 0 Å². The smallest absolute Gasteiger partial charge is 0.168 e. The Balaban J connectivity index is 2.01. The Bertz CT molecular complexity index is 558. The third-order valence-electron chi connectivity index (χ3n) is 2.59. The van der Waals surface area contributed by atoms with Crippen molar-refractivity contribution in [2.75, 3.05) is 0 Å². The highest BCUT2D eigenvalue weighted by atomic mass is 35.5. The van der Waals surface area contributed by atoms with Crippen LogP contribution < -0.4 is 0 Å². The Morgan fingerprint density at radius 3 is 2.39 bits per heavy atom. The molecule has 2 aromatic carbocycles. The molecule has 0 bridgehead atoms. The van der Waals surface area contributed by atoms with Gasteiger partial charge in [0.15, 0.2) is 5.78 Å². The fourth-order valence-corrected chi connectivity index (χ4v) is 1.90. The second-order valence-electron chi connectivity index (χ2n) is 3.92. The van der Waals surface area contributed by atoms with Gasteiger partial charge >= 0.3 is 0 Å². The molecule has 0 N–H and O–H groups in total. The average molecular weight is 257 g/mol. The summed E-state index contributed by atoms with van der Waals surface area (Å²) in [5.41, 5.74) is 1.67. The van der Waals surface area contributed by atoms with Gasteiger partial charge in [-0.1, -0.05) is 66.2 Å². The van der Waals surface area contributed by atoms with E-state index in [0.29, 0.717) is 17.0 Å². The van der Waals surface area contributed by atoms with E-state index in [9.17, 15) is 4.79 Å². The van der Waals surface area contributed by atoms with Crippen LogP contribution in [0.5, 0.6) is 0 Å². The van der Waals surface area contributed by atoms with Crippen LogP contribution in [0.3, 0.4) is 0 Å². The van der Waals surface area contributed by atoms with Crippen molar-refractivity contribution in [1.29, 1.82) is 0 Å². The van der Waals surface area contributed by atoms with Crippen LogP contribution in [0.2, 0.25) is 5.02 Å². The normalized spacial score (nSPS) is 10.7. The van der Waals surface area contributed by atoms with E-state index in [0.717, 1.165) is 5.56 Å². The Morgan fingerprint density at radius 1 is 1.00 bits per heavy atom. The van der Waals surface area contributed by atoms with Crippen molar-refractivity contribution in [2.24, 2.45) is 0 Å². The quantitative estimate of drug-likeness (QED) is 0.729. The molecule has 0 atom stereocenters. The van der Waals surface area contributed by atoms with E-state index in [1.54, 1.807) is 12.1 Å². The first-order valence-corrected chi connectivity index (χ1v) is 6.14. The van der Waals surface area contributed by atoms with E-state index in [-0.39, 0.29) is 5.78 Å². The van der Waals surface area contributed by atoms with Crippen molar-refractivity contribution in [1.82, 2.24) is 0 Å².